The molecule has 0 bridgehead atoms. The molecule has 0 spiro atoms. The number of allylic oxidation sites excluding steroid dienone is 1. The fourth-order valence-electron chi connectivity index (χ4n) is 3.18. The summed E-state index contributed by atoms with van der Waals surface area (Å²) in [4.78, 5) is 17.2. The molecular weight excluding hydrogens is 400 g/mol. The zero-order valence-electron chi connectivity index (χ0n) is 18.0. The Labute approximate surface area is 180 Å². The second-order valence-electron chi connectivity index (χ2n) is 6.80. The largest absolute Gasteiger partial charge is 0.493 e. The lowest BCUT2D eigenvalue weighted by molar-refractivity contribution is 0.0900. The standard InChI is InChI=1S/C23H26N2O6/c1-5-6-15-7-8-19(20(9-15)28-2)31-13-16(26)12-25-14-24-18-11-22(30-4)21(29-3)10-17(18)23(25)27/h5-11,14,16,26H,12-13H2,1-4H3/b6-5-/t16-/m1/s1. The van der Waals surface area contributed by atoms with E-state index in [1.54, 1.807) is 25.3 Å². The van der Waals surface area contributed by atoms with Gasteiger partial charge >= 0.3 is 0 Å². The molecule has 1 aromatic heterocycles. The quantitative estimate of drug-likeness (QED) is 0.562. The van der Waals surface area contributed by atoms with Crippen LogP contribution in [0.25, 0.3) is 17.0 Å². The molecule has 0 saturated carbocycles. The first-order chi connectivity index (χ1) is 15.0. The van der Waals surface area contributed by atoms with Crippen LogP contribution in [0, 0.1) is 0 Å². The third kappa shape index (κ3) is 4.97. The van der Waals surface area contributed by atoms with Gasteiger partial charge in [0, 0.05) is 6.07 Å². The Hall–Kier alpha value is -3.52. The average Bonchev–Trinajstić information content (AvgIpc) is 2.79. The minimum Gasteiger partial charge on any atom is -0.493 e. The molecule has 8 nitrogen and oxygen atoms in total. The number of hydrogen-bond donors (Lipinski definition) is 1. The number of hydrogen-bond acceptors (Lipinski definition) is 7. The van der Waals surface area contributed by atoms with Crippen LogP contribution < -0.4 is 24.5 Å². The van der Waals surface area contributed by atoms with E-state index in [0.717, 1.165) is 5.56 Å². The second-order valence-corrected chi connectivity index (χ2v) is 6.80. The van der Waals surface area contributed by atoms with Crippen LogP contribution in [0.2, 0.25) is 0 Å². The Kier molecular flexibility index (Phi) is 7.15. The van der Waals surface area contributed by atoms with E-state index in [0.29, 0.717) is 33.9 Å². The predicted molar refractivity (Wildman–Crippen MR) is 118 cm³/mol. The Balaban J connectivity index is 1.75. The van der Waals surface area contributed by atoms with Crippen molar-refractivity contribution in [1.82, 2.24) is 9.55 Å². The first-order valence-electron chi connectivity index (χ1n) is 9.73. The van der Waals surface area contributed by atoms with Crippen LogP contribution >= 0.6 is 0 Å². The molecule has 31 heavy (non-hydrogen) atoms. The lowest BCUT2D eigenvalue weighted by atomic mass is 10.2. The highest BCUT2D eigenvalue weighted by molar-refractivity contribution is 5.81. The van der Waals surface area contributed by atoms with Crippen LogP contribution in [-0.4, -0.2) is 48.7 Å². The maximum Gasteiger partial charge on any atom is 0.261 e. The van der Waals surface area contributed by atoms with Gasteiger partial charge in [-0.15, -0.1) is 0 Å². The SMILES string of the molecule is C/C=C\c1ccc(OC[C@H](O)Cn2cnc3cc(OC)c(OC)cc3c2=O)c(OC)c1. The molecule has 3 rings (SSSR count). The summed E-state index contributed by atoms with van der Waals surface area (Å²) in [5, 5.41) is 10.8. The maximum atomic E-state index is 12.9. The van der Waals surface area contributed by atoms with E-state index in [2.05, 4.69) is 4.98 Å². The summed E-state index contributed by atoms with van der Waals surface area (Å²) in [7, 11) is 4.57. The third-order valence-electron chi connectivity index (χ3n) is 4.71. The van der Waals surface area contributed by atoms with E-state index < -0.39 is 6.10 Å². The van der Waals surface area contributed by atoms with Gasteiger partial charge in [-0.3, -0.25) is 9.36 Å². The van der Waals surface area contributed by atoms with Crippen LogP contribution in [0.3, 0.4) is 0 Å². The van der Waals surface area contributed by atoms with Gasteiger partial charge < -0.3 is 24.1 Å². The summed E-state index contributed by atoms with van der Waals surface area (Å²) >= 11 is 0. The van der Waals surface area contributed by atoms with Crippen molar-refractivity contribution < 1.29 is 24.1 Å². The maximum absolute atomic E-state index is 12.9. The minimum absolute atomic E-state index is 0.0181. The lowest BCUT2D eigenvalue weighted by Crippen LogP contribution is -2.30. The number of rotatable bonds is 9. The highest BCUT2D eigenvalue weighted by atomic mass is 16.5. The number of fused-ring (bicyclic) bond motifs is 1. The second kappa shape index (κ2) is 9.99. The van der Waals surface area contributed by atoms with Crippen molar-refractivity contribution in [2.75, 3.05) is 27.9 Å². The molecule has 0 aliphatic heterocycles. The van der Waals surface area contributed by atoms with Crippen LogP contribution in [0.15, 0.2) is 47.5 Å². The molecule has 164 valence electrons. The highest BCUT2D eigenvalue weighted by Gasteiger charge is 2.14. The number of aliphatic hydroxyl groups excluding tert-OH is 1. The van der Waals surface area contributed by atoms with Gasteiger partial charge in [0.2, 0.25) is 0 Å². The van der Waals surface area contributed by atoms with Crippen molar-refractivity contribution in [3.63, 3.8) is 0 Å². The molecule has 0 amide bonds. The smallest absolute Gasteiger partial charge is 0.261 e. The Morgan fingerprint density at radius 1 is 1.03 bits per heavy atom. The number of aromatic nitrogens is 2. The number of benzene rings is 2. The van der Waals surface area contributed by atoms with Gasteiger partial charge in [0.1, 0.15) is 12.7 Å². The molecule has 1 heterocycles. The molecule has 8 heteroatoms. The van der Waals surface area contributed by atoms with Crippen molar-refractivity contribution in [3.8, 4) is 23.0 Å². The molecule has 0 fully saturated rings. The van der Waals surface area contributed by atoms with Crippen LogP contribution in [0.4, 0.5) is 0 Å². The van der Waals surface area contributed by atoms with E-state index in [9.17, 15) is 9.90 Å². The van der Waals surface area contributed by atoms with Crippen molar-refractivity contribution in [3.05, 3.63) is 58.7 Å². The van der Waals surface area contributed by atoms with E-state index >= 15 is 0 Å². The molecule has 2 aromatic carbocycles. The summed E-state index contributed by atoms with van der Waals surface area (Å²) in [6.07, 6.45) is 4.34. The van der Waals surface area contributed by atoms with Crippen LogP contribution in [0.1, 0.15) is 12.5 Å². The molecule has 1 N–H and O–H groups in total. The van der Waals surface area contributed by atoms with Crippen molar-refractivity contribution >= 4 is 17.0 Å². The molecule has 0 radical (unpaired) electrons. The van der Waals surface area contributed by atoms with Crippen molar-refractivity contribution in [2.45, 2.75) is 19.6 Å². The van der Waals surface area contributed by atoms with Gasteiger partial charge in [-0.1, -0.05) is 18.2 Å². The fraction of sp³-hybridized carbons (Fsp3) is 0.304. The molecule has 1 atom stereocenters. The highest BCUT2D eigenvalue weighted by Crippen LogP contribution is 2.30. The molecular formula is C23H26N2O6. The topological polar surface area (TPSA) is 92.0 Å². The number of methoxy groups -OCH3 is 3. The normalized spacial score (nSPS) is 12.2. The summed E-state index contributed by atoms with van der Waals surface area (Å²) in [5.74, 6) is 2.00. The van der Waals surface area contributed by atoms with Crippen molar-refractivity contribution in [2.24, 2.45) is 0 Å². The zero-order valence-corrected chi connectivity index (χ0v) is 18.0. The van der Waals surface area contributed by atoms with Gasteiger partial charge in [0.05, 0.1) is 45.1 Å². The minimum atomic E-state index is -0.933. The molecule has 0 saturated heterocycles. The molecule has 0 aliphatic rings. The number of ether oxygens (including phenoxy) is 4. The Morgan fingerprint density at radius 2 is 1.71 bits per heavy atom. The Morgan fingerprint density at radius 3 is 2.39 bits per heavy atom. The first kappa shape index (κ1) is 22.2. The van der Waals surface area contributed by atoms with Crippen molar-refractivity contribution in [1.29, 1.82) is 0 Å². The molecule has 3 aromatic rings. The van der Waals surface area contributed by atoms with Crippen LogP contribution in [-0.2, 0) is 6.54 Å². The van der Waals surface area contributed by atoms with Gasteiger partial charge in [0.25, 0.3) is 5.56 Å². The monoisotopic (exact) mass is 426 g/mol. The number of nitrogens with zero attached hydrogens (tertiary/aromatic N) is 2. The summed E-state index contributed by atoms with van der Waals surface area (Å²) in [5.41, 5.74) is 1.17. The van der Waals surface area contributed by atoms with Gasteiger partial charge in [-0.25, -0.2) is 4.98 Å². The summed E-state index contributed by atoms with van der Waals surface area (Å²) < 4.78 is 22.9. The molecule has 0 unspecified atom stereocenters. The van der Waals surface area contributed by atoms with E-state index in [4.69, 9.17) is 18.9 Å². The van der Waals surface area contributed by atoms with Gasteiger partial charge in [0.15, 0.2) is 23.0 Å². The lowest BCUT2D eigenvalue weighted by Gasteiger charge is -2.16. The van der Waals surface area contributed by atoms with Gasteiger partial charge in [-0.2, -0.15) is 0 Å². The van der Waals surface area contributed by atoms with Crippen LogP contribution in [0.5, 0.6) is 23.0 Å². The first-order valence-corrected chi connectivity index (χ1v) is 9.73. The fourth-order valence-corrected chi connectivity index (χ4v) is 3.18. The van der Waals surface area contributed by atoms with E-state index in [-0.39, 0.29) is 18.7 Å². The summed E-state index contributed by atoms with van der Waals surface area (Å²) in [6.45, 7) is 1.94. The number of aliphatic hydroxyl groups is 1. The van der Waals surface area contributed by atoms with E-state index in [1.165, 1.54) is 25.1 Å². The Bertz CT molecular complexity index is 1140. The molecule has 0 aliphatic carbocycles. The third-order valence-corrected chi connectivity index (χ3v) is 4.71. The van der Waals surface area contributed by atoms with Gasteiger partial charge in [-0.05, 0) is 30.7 Å². The van der Waals surface area contributed by atoms with E-state index in [1.807, 2.05) is 31.2 Å². The predicted octanol–water partition coefficient (Wildman–Crippen LogP) is 2.90. The average molecular weight is 426 g/mol. The zero-order chi connectivity index (χ0) is 22.4. The summed E-state index contributed by atoms with van der Waals surface area (Å²) in [6, 6.07) is 8.75.